The second-order valence-electron chi connectivity index (χ2n) is 2.62. The summed E-state index contributed by atoms with van der Waals surface area (Å²) in [4.78, 5) is 7.56. The van der Waals surface area contributed by atoms with Crippen molar-refractivity contribution in [2.75, 3.05) is 0 Å². The van der Waals surface area contributed by atoms with Crippen molar-refractivity contribution in [2.24, 2.45) is 0 Å². The van der Waals surface area contributed by atoms with Gasteiger partial charge in [0, 0.05) is 26.2 Å². The van der Waals surface area contributed by atoms with E-state index in [0.717, 1.165) is 0 Å². The zero-order valence-corrected chi connectivity index (χ0v) is 8.97. The maximum atomic E-state index is 11.4. The van der Waals surface area contributed by atoms with Crippen molar-refractivity contribution in [1.82, 2.24) is 9.97 Å². The number of nitrogens with zero attached hydrogens (tertiary/aromatic N) is 4. The third kappa shape index (κ3) is 2.93. The van der Waals surface area contributed by atoms with Crippen LogP contribution in [-0.2, 0) is 4.57 Å². The first-order valence-electron chi connectivity index (χ1n) is 4.31. The van der Waals surface area contributed by atoms with Crippen LogP contribution in [0.25, 0.3) is 0 Å². The summed E-state index contributed by atoms with van der Waals surface area (Å²) in [6, 6.07) is 3.28. The molecule has 0 amide bonds. The van der Waals surface area contributed by atoms with Gasteiger partial charge in [-0.2, -0.15) is 0 Å². The van der Waals surface area contributed by atoms with Crippen LogP contribution in [0.4, 0.5) is 0 Å². The van der Waals surface area contributed by atoms with Crippen molar-refractivity contribution in [3.05, 3.63) is 49.6 Å². The molecule has 0 radical (unpaired) electrons. The van der Waals surface area contributed by atoms with Crippen LogP contribution >= 0.6 is 8.25 Å². The lowest BCUT2D eigenvalue weighted by atomic mass is 10.7. The predicted molar refractivity (Wildman–Crippen MR) is 49.6 cm³/mol. The van der Waals surface area contributed by atoms with Gasteiger partial charge >= 0.3 is 20.9 Å². The van der Waals surface area contributed by atoms with E-state index in [9.17, 15) is 4.57 Å². The zero-order chi connectivity index (χ0) is 11.2. The standard InChI is InChI=1S/C8H8N4O3P/c13-16(14-11-5-1-3-9-7-11)15-12-6-2-4-10-8-12/h1-8H/q+3. The molecular formula is C8H8N4O3P+3. The van der Waals surface area contributed by atoms with Crippen LogP contribution in [0.2, 0.25) is 0 Å². The minimum absolute atomic E-state index is 1.19. The molecule has 80 valence electrons. The van der Waals surface area contributed by atoms with Crippen LogP contribution in [0.15, 0.2) is 49.6 Å². The summed E-state index contributed by atoms with van der Waals surface area (Å²) >= 11 is 0. The summed E-state index contributed by atoms with van der Waals surface area (Å²) in [7, 11) is -2.34. The van der Waals surface area contributed by atoms with Crippen LogP contribution in [0.3, 0.4) is 0 Å². The maximum Gasteiger partial charge on any atom is 0.885 e. The molecule has 0 bridgehead atoms. The molecule has 7 nitrogen and oxygen atoms in total. The average Bonchev–Trinajstić information content (AvgIpc) is 2.31. The Bertz CT molecular complexity index is 424. The highest BCUT2D eigenvalue weighted by atomic mass is 31.1. The van der Waals surface area contributed by atoms with E-state index in [1.807, 2.05) is 0 Å². The Labute approximate surface area is 91.8 Å². The van der Waals surface area contributed by atoms with Gasteiger partial charge in [0.25, 0.3) is 0 Å². The van der Waals surface area contributed by atoms with E-state index in [1.54, 1.807) is 36.9 Å². The molecule has 16 heavy (non-hydrogen) atoms. The van der Waals surface area contributed by atoms with Crippen LogP contribution in [0, 0.1) is 0 Å². The highest BCUT2D eigenvalue weighted by Gasteiger charge is 2.31. The highest BCUT2D eigenvalue weighted by Crippen LogP contribution is 2.07. The van der Waals surface area contributed by atoms with Gasteiger partial charge < -0.3 is 0 Å². The zero-order valence-electron chi connectivity index (χ0n) is 8.08. The highest BCUT2D eigenvalue weighted by molar-refractivity contribution is 7.33. The summed E-state index contributed by atoms with van der Waals surface area (Å²) in [5.74, 6) is 0. The van der Waals surface area contributed by atoms with Gasteiger partial charge in [-0.3, -0.25) is 0 Å². The molecule has 0 aliphatic rings. The fourth-order valence-corrected chi connectivity index (χ4v) is 1.43. The number of rotatable bonds is 4. The van der Waals surface area contributed by atoms with Gasteiger partial charge in [0.05, 0.1) is 0 Å². The van der Waals surface area contributed by atoms with E-state index in [1.165, 1.54) is 22.1 Å². The average molecular weight is 239 g/mol. The van der Waals surface area contributed by atoms with Crippen LogP contribution in [-0.4, -0.2) is 9.97 Å². The van der Waals surface area contributed by atoms with Gasteiger partial charge in [-0.05, 0) is 9.25 Å². The lowest BCUT2D eigenvalue weighted by Crippen LogP contribution is -2.44. The summed E-state index contributed by atoms with van der Waals surface area (Å²) < 4.78 is 23.6. The quantitative estimate of drug-likeness (QED) is 0.519. The van der Waals surface area contributed by atoms with Crippen molar-refractivity contribution >= 4 is 8.25 Å². The maximum absolute atomic E-state index is 11.4. The van der Waals surface area contributed by atoms with Gasteiger partial charge in [-0.1, -0.05) is 9.97 Å². The van der Waals surface area contributed by atoms with Crippen molar-refractivity contribution in [1.29, 1.82) is 0 Å². The first-order valence-corrected chi connectivity index (χ1v) is 5.41. The van der Waals surface area contributed by atoms with Gasteiger partial charge in [0.2, 0.25) is 0 Å². The van der Waals surface area contributed by atoms with Crippen LogP contribution in [0.1, 0.15) is 0 Å². The Hall–Kier alpha value is -2.14. The fraction of sp³-hybridized carbons (Fsp3) is 0. The van der Waals surface area contributed by atoms with Crippen LogP contribution in [0.5, 0.6) is 0 Å². The predicted octanol–water partition coefficient (Wildman–Crippen LogP) is -0.734. The lowest BCUT2D eigenvalue weighted by molar-refractivity contribution is -0.885. The molecule has 2 aromatic heterocycles. The smallest absolute Gasteiger partial charge is 0.0534 e. The number of hydrogen-bond donors (Lipinski definition) is 0. The summed E-state index contributed by atoms with van der Waals surface area (Å²) in [6.45, 7) is 0. The van der Waals surface area contributed by atoms with Crippen molar-refractivity contribution in [3.8, 4) is 0 Å². The molecule has 2 heterocycles. The second-order valence-corrected chi connectivity index (χ2v) is 3.39. The van der Waals surface area contributed by atoms with E-state index < -0.39 is 8.25 Å². The van der Waals surface area contributed by atoms with Crippen LogP contribution < -0.4 is 18.7 Å². The monoisotopic (exact) mass is 239 g/mol. The molecule has 0 aromatic carbocycles. The minimum atomic E-state index is -2.34. The molecule has 0 aliphatic carbocycles. The summed E-state index contributed by atoms with van der Waals surface area (Å²) in [6.07, 6.45) is 8.98. The molecule has 0 saturated carbocycles. The van der Waals surface area contributed by atoms with E-state index in [2.05, 4.69) is 9.97 Å². The van der Waals surface area contributed by atoms with Crippen molar-refractivity contribution in [2.45, 2.75) is 0 Å². The SMILES string of the molecule is O=[P+](O[n+]1cccnc1)O[n+]1cccnc1. The molecule has 0 N–H and O–H groups in total. The minimum Gasteiger partial charge on any atom is -0.0534 e. The Morgan fingerprint density at radius 1 is 0.938 bits per heavy atom. The first-order chi connectivity index (χ1) is 7.84. The van der Waals surface area contributed by atoms with Crippen molar-refractivity contribution < 1.29 is 23.3 Å². The fourth-order valence-electron chi connectivity index (χ4n) is 0.897. The van der Waals surface area contributed by atoms with E-state index in [4.69, 9.17) is 9.25 Å². The topological polar surface area (TPSA) is 69.1 Å². The van der Waals surface area contributed by atoms with E-state index in [-0.39, 0.29) is 0 Å². The molecular weight excluding hydrogens is 231 g/mol. The molecule has 0 saturated heterocycles. The summed E-state index contributed by atoms with van der Waals surface area (Å²) in [5.41, 5.74) is 0. The lowest BCUT2D eigenvalue weighted by Gasteiger charge is -1.85. The normalized spacial score (nSPS) is 9.50. The molecule has 8 heteroatoms. The van der Waals surface area contributed by atoms with Gasteiger partial charge in [0.15, 0.2) is 0 Å². The first kappa shape index (κ1) is 10.4. The van der Waals surface area contributed by atoms with Crippen molar-refractivity contribution in [3.63, 3.8) is 0 Å². The van der Waals surface area contributed by atoms with Gasteiger partial charge in [-0.15, -0.1) is 0 Å². The Morgan fingerprint density at radius 2 is 1.44 bits per heavy atom. The van der Waals surface area contributed by atoms with E-state index >= 15 is 0 Å². The third-order valence-corrected chi connectivity index (χ3v) is 2.14. The number of hydrogen-bond acceptors (Lipinski definition) is 5. The molecule has 0 spiro atoms. The molecule has 2 rings (SSSR count). The Kier molecular flexibility index (Phi) is 3.30. The third-order valence-electron chi connectivity index (χ3n) is 1.49. The molecule has 0 atom stereocenters. The molecule has 0 unspecified atom stereocenters. The van der Waals surface area contributed by atoms with Gasteiger partial charge in [-0.25, -0.2) is 0 Å². The molecule has 2 aromatic rings. The molecule has 0 aliphatic heterocycles. The molecule has 0 fully saturated rings. The largest absolute Gasteiger partial charge is 0.885 e. The number of aromatic nitrogens is 4. The summed E-state index contributed by atoms with van der Waals surface area (Å²) in [5, 5.41) is 0. The Morgan fingerprint density at radius 3 is 1.81 bits per heavy atom. The van der Waals surface area contributed by atoms with E-state index in [0.29, 0.717) is 0 Å². The van der Waals surface area contributed by atoms with Gasteiger partial charge in [0.1, 0.15) is 24.8 Å². The second kappa shape index (κ2) is 5.09. The Balaban J connectivity index is 1.95.